The zero-order chi connectivity index (χ0) is 18.6. The smallest absolute Gasteiger partial charge is 0.323 e. The number of carbonyl (C=O) groups is 2. The van der Waals surface area contributed by atoms with Crippen LogP contribution in [0.15, 0.2) is 28.0 Å². The summed E-state index contributed by atoms with van der Waals surface area (Å²) < 4.78 is 27.2. The van der Waals surface area contributed by atoms with Crippen LogP contribution in [0.4, 0.5) is 5.69 Å². The van der Waals surface area contributed by atoms with E-state index in [2.05, 4.69) is 0 Å². The minimum atomic E-state index is -3.69. The van der Waals surface area contributed by atoms with Gasteiger partial charge in [0.05, 0.1) is 16.3 Å². The number of hydrogen-bond acceptors (Lipinski definition) is 5. The van der Waals surface area contributed by atoms with Crippen molar-refractivity contribution in [3.8, 4) is 0 Å². The molecular weight excluding hydrogens is 364 g/mol. The van der Waals surface area contributed by atoms with E-state index < -0.39 is 22.5 Å². The molecule has 0 radical (unpaired) electrons. The summed E-state index contributed by atoms with van der Waals surface area (Å²) in [7, 11) is -3.69. The van der Waals surface area contributed by atoms with Gasteiger partial charge in [0.15, 0.2) is 0 Å². The van der Waals surface area contributed by atoms with E-state index in [0.717, 1.165) is 4.90 Å². The first-order valence-electron chi connectivity index (χ1n) is 8.10. The average molecular weight is 386 g/mol. The van der Waals surface area contributed by atoms with Crippen molar-refractivity contribution < 1.29 is 23.1 Å². The number of hydrogen-bond donors (Lipinski definition) is 1. The van der Waals surface area contributed by atoms with Gasteiger partial charge in [0.2, 0.25) is 15.9 Å². The monoisotopic (exact) mass is 386 g/mol. The van der Waals surface area contributed by atoms with Crippen molar-refractivity contribution in [1.82, 2.24) is 4.31 Å². The van der Waals surface area contributed by atoms with Crippen LogP contribution in [-0.4, -0.2) is 55.1 Å². The first-order valence-corrected chi connectivity index (χ1v) is 10.5. The molecule has 138 valence electrons. The normalized spacial score (nSPS) is 14.7. The molecule has 0 bridgehead atoms. The number of carbonyl (C=O) groups excluding carboxylic acids is 1. The van der Waals surface area contributed by atoms with Crippen LogP contribution in [0.3, 0.4) is 0 Å². The topological polar surface area (TPSA) is 95.0 Å². The summed E-state index contributed by atoms with van der Waals surface area (Å²) in [6.45, 7) is 4.17. The van der Waals surface area contributed by atoms with Crippen LogP contribution in [0.25, 0.3) is 0 Å². The van der Waals surface area contributed by atoms with E-state index in [0.29, 0.717) is 36.5 Å². The summed E-state index contributed by atoms with van der Waals surface area (Å²) in [6, 6.07) is 4.58. The second-order valence-corrected chi connectivity index (χ2v) is 8.65. The number of carboxylic acid groups (broad SMARTS) is 1. The molecule has 1 aliphatic heterocycles. The summed E-state index contributed by atoms with van der Waals surface area (Å²) in [6.07, 6.45) is 1.40. The van der Waals surface area contributed by atoms with Crippen molar-refractivity contribution in [2.75, 3.05) is 30.3 Å². The first kappa shape index (κ1) is 19.7. The van der Waals surface area contributed by atoms with Crippen LogP contribution < -0.4 is 4.90 Å². The number of benzene rings is 1. The van der Waals surface area contributed by atoms with E-state index in [1.807, 2.05) is 13.8 Å². The van der Waals surface area contributed by atoms with Crippen molar-refractivity contribution >= 4 is 39.3 Å². The number of rotatable bonds is 8. The van der Waals surface area contributed by atoms with Crippen LogP contribution in [0, 0.1) is 0 Å². The number of fused-ring (bicyclic) bond motifs is 1. The Hall–Kier alpha value is -1.58. The van der Waals surface area contributed by atoms with Gasteiger partial charge in [0.25, 0.3) is 0 Å². The van der Waals surface area contributed by atoms with E-state index in [4.69, 9.17) is 5.11 Å². The Morgan fingerprint density at radius 3 is 2.48 bits per heavy atom. The van der Waals surface area contributed by atoms with Gasteiger partial charge in [-0.3, -0.25) is 14.5 Å². The molecule has 1 heterocycles. The predicted molar refractivity (Wildman–Crippen MR) is 96.5 cm³/mol. The number of amides is 1. The molecule has 2 rings (SSSR count). The molecule has 7 nitrogen and oxygen atoms in total. The lowest BCUT2D eigenvalue weighted by atomic mass is 10.2. The summed E-state index contributed by atoms with van der Waals surface area (Å²) >= 11 is 1.28. The van der Waals surface area contributed by atoms with Crippen molar-refractivity contribution in [2.24, 2.45) is 0 Å². The standard InChI is InChI=1S/C16H22N2O5S2/c1-3-7-17(8-4-2)25(22,23)12-5-6-14-13(9-12)18(10-16(20)21)15(19)11-24-14/h5-6,9H,3-4,7-8,10-11H2,1-2H3,(H,20,21). The highest BCUT2D eigenvalue weighted by Gasteiger charge is 2.30. The number of aliphatic carboxylic acids is 1. The van der Waals surface area contributed by atoms with Gasteiger partial charge in [0, 0.05) is 18.0 Å². The van der Waals surface area contributed by atoms with Gasteiger partial charge in [-0.25, -0.2) is 8.42 Å². The lowest BCUT2D eigenvalue weighted by Crippen LogP contribution is -2.39. The molecule has 0 saturated carbocycles. The van der Waals surface area contributed by atoms with E-state index in [9.17, 15) is 18.0 Å². The zero-order valence-corrected chi connectivity index (χ0v) is 15.9. The summed E-state index contributed by atoms with van der Waals surface area (Å²) in [5, 5.41) is 9.04. The van der Waals surface area contributed by atoms with Crippen LogP contribution in [0.1, 0.15) is 26.7 Å². The SMILES string of the molecule is CCCN(CCC)S(=O)(=O)c1ccc2c(c1)N(CC(=O)O)C(=O)CS2. The number of thioether (sulfide) groups is 1. The molecule has 0 unspecified atom stereocenters. The van der Waals surface area contributed by atoms with Gasteiger partial charge in [0.1, 0.15) is 6.54 Å². The minimum absolute atomic E-state index is 0.0823. The Morgan fingerprint density at radius 1 is 1.28 bits per heavy atom. The van der Waals surface area contributed by atoms with Crippen LogP contribution >= 0.6 is 11.8 Å². The molecule has 0 atom stereocenters. The molecule has 1 N–H and O–H groups in total. The van der Waals surface area contributed by atoms with Gasteiger partial charge in [-0.05, 0) is 31.0 Å². The quantitative estimate of drug-likeness (QED) is 0.734. The van der Waals surface area contributed by atoms with E-state index in [-0.39, 0.29) is 16.6 Å². The van der Waals surface area contributed by atoms with Crippen LogP contribution in [0.5, 0.6) is 0 Å². The molecule has 9 heteroatoms. The summed E-state index contributed by atoms with van der Waals surface area (Å²) in [4.78, 5) is 25.1. The Labute approximate surface area is 152 Å². The van der Waals surface area contributed by atoms with E-state index >= 15 is 0 Å². The Bertz CT molecular complexity index is 758. The molecule has 0 fully saturated rings. The van der Waals surface area contributed by atoms with Crippen molar-refractivity contribution in [2.45, 2.75) is 36.5 Å². The highest BCUT2D eigenvalue weighted by Crippen LogP contribution is 2.37. The first-order chi connectivity index (χ1) is 11.8. The fourth-order valence-corrected chi connectivity index (χ4v) is 5.21. The largest absolute Gasteiger partial charge is 0.480 e. The molecule has 1 aliphatic rings. The average Bonchev–Trinajstić information content (AvgIpc) is 2.56. The maximum atomic E-state index is 12.9. The maximum absolute atomic E-state index is 12.9. The van der Waals surface area contributed by atoms with Crippen LogP contribution in [0.2, 0.25) is 0 Å². The Morgan fingerprint density at radius 2 is 1.92 bits per heavy atom. The van der Waals surface area contributed by atoms with Crippen molar-refractivity contribution in [3.05, 3.63) is 18.2 Å². The molecule has 0 aliphatic carbocycles. The maximum Gasteiger partial charge on any atom is 0.323 e. The van der Waals surface area contributed by atoms with E-state index in [1.54, 1.807) is 6.07 Å². The third-order valence-corrected chi connectivity index (χ3v) is 6.69. The van der Waals surface area contributed by atoms with Crippen molar-refractivity contribution in [3.63, 3.8) is 0 Å². The van der Waals surface area contributed by atoms with Crippen LogP contribution in [-0.2, 0) is 19.6 Å². The second kappa shape index (κ2) is 8.20. The fraction of sp³-hybridized carbons (Fsp3) is 0.500. The molecule has 0 spiro atoms. The number of carboxylic acids is 1. The highest BCUT2D eigenvalue weighted by atomic mass is 32.2. The Balaban J connectivity index is 2.46. The fourth-order valence-electron chi connectivity index (χ4n) is 2.65. The molecule has 25 heavy (non-hydrogen) atoms. The Kier molecular flexibility index (Phi) is 6.47. The predicted octanol–water partition coefficient (Wildman–Crippen LogP) is 2.02. The molecule has 1 amide bonds. The lowest BCUT2D eigenvalue weighted by molar-refractivity contribution is -0.136. The molecular formula is C16H22N2O5S2. The molecule has 0 saturated heterocycles. The zero-order valence-electron chi connectivity index (χ0n) is 14.3. The minimum Gasteiger partial charge on any atom is -0.480 e. The third-order valence-electron chi connectivity index (χ3n) is 3.75. The highest BCUT2D eigenvalue weighted by molar-refractivity contribution is 8.00. The number of anilines is 1. The molecule has 0 aromatic heterocycles. The second-order valence-electron chi connectivity index (χ2n) is 5.70. The number of nitrogens with zero attached hydrogens (tertiary/aromatic N) is 2. The summed E-state index contributed by atoms with van der Waals surface area (Å²) in [5.74, 6) is -1.34. The van der Waals surface area contributed by atoms with Gasteiger partial charge in [-0.2, -0.15) is 4.31 Å². The third kappa shape index (κ3) is 4.34. The van der Waals surface area contributed by atoms with Crippen molar-refractivity contribution in [1.29, 1.82) is 0 Å². The molecule has 1 aromatic carbocycles. The van der Waals surface area contributed by atoms with Gasteiger partial charge < -0.3 is 5.11 Å². The molecule has 1 aromatic rings. The van der Waals surface area contributed by atoms with Gasteiger partial charge in [-0.1, -0.05) is 13.8 Å². The number of sulfonamides is 1. The summed E-state index contributed by atoms with van der Waals surface area (Å²) in [5.41, 5.74) is 0.345. The lowest BCUT2D eigenvalue weighted by Gasteiger charge is -2.28. The van der Waals surface area contributed by atoms with E-state index in [1.165, 1.54) is 28.2 Å². The van der Waals surface area contributed by atoms with Gasteiger partial charge >= 0.3 is 5.97 Å². The van der Waals surface area contributed by atoms with Gasteiger partial charge in [-0.15, -0.1) is 11.8 Å².